The number of nitrogens with zero attached hydrogens (tertiary/aromatic N) is 2. The highest BCUT2D eigenvalue weighted by Crippen LogP contribution is 2.22. The maximum absolute atomic E-state index is 12.4. The van der Waals surface area contributed by atoms with E-state index in [0.29, 0.717) is 17.1 Å². The van der Waals surface area contributed by atoms with Crippen molar-refractivity contribution in [2.45, 2.75) is 19.9 Å². The lowest BCUT2D eigenvalue weighted by molar-refractivity contribution is 0.0938. The minimum absolute atomic E-state index is 0.236. The van der Waals surface area contributed by atoms with Crippen LogP contribution in [0.4, 0.5) is 0 Å². The van der Waals surface area contributed by atoms with Crippen LogP contribution in [0.5, 0.6) is 0 Å². The van der Waals surface area contributed by atoms with Gasteiger partial charge in [0.1, 0.15) is 23.3 Å². The summed E-state index contributed by atoms with van der Waals surface area (Å²) in [6.45, 7) is 3.78. The smallest absolute Gasteiger partial charge is 0.257 e. The van der Waals surface area contributed by atoms with E-state index in [2.05, 4.69) is 20.4 Å². The number of aromatic amines is 1. The number of hydrogen-bond donors (Lipinski definition) is 2. The molecule has 0 aliphatic rings. The lowest BCUT2D eigenvalue weighted by Crippen LogP contribution is -2.27. The molecule has 0 saturated carbocycles. The summed E-state index contributed by atoms with van der Waals surface area (Å²) in [6, 6.07) is 9.21. The van der Waals surface area contributed by atoms with Crippen molar-refractivity contribution in [3.8, 4) is 11.3 Å². The van der Waals surface area contributed by atoms with Gasteiger partial charge in [-0.3, -0.25) is 4.79 Å². The van der Waals surface area contributed by atoms with Gasteiger partial charge < -0.3 is 14.8 Å². The van der Waals surface area contributed by atoms with E-state index < -0.39 is 0 Å². The maximum atomic E-state index is 12.4. The number of nitrogens with one attached hydrogen (secondary N) is 2. The Bertz CT molecular complexity index is 776. The molecule has 3 rings (SSSR count). The summed E-state index contributed by atoms with van der Waals surface area (Å²) in [5, 5.41) is 6.82. The van der Waals surface area contributed by atoms with Crippen LogP contribution in [0, 0.1) is 6.92 Å². The third-order valence-corrected chi connectivity index (χ3v) is 3.34. The van der Waals surface area contributed by atoms with Crippen molar-refractivity contribution in [1.82, 2.24) is 20.4 Å². The van der Waals surface area contributed by atoms with Crippen molar-refractivity contribution in [3.63, 3.8) is 0 Å². The molecule has 0 radical (unpaired) electrons. The number of aromatic nitrogens is 3. The molecule has 2 aromatic heterocycles. The average Bonchev–Trinajstić information content (AvgIpc) is 3.16. The van der Waals surface area contributed by atoms with Crippen LogP contribution in [0.2, 0.25) is 0 Å². The van der Waals surface area contributed by atoms with Gasteiger partial charge in [0.25, 0.3) is 5.91 Å². The molecule has 1 aromatic carbocycles. The average molecular weight is 296 g/mol. The van der Waals surface area contributed by atoms with E-state index in [-0.39, 0.29) is 11.9 Å². The van der Waals surface area contributed by atoms with E-state index in [9.17, 15) is 4.79 Å². The predicted octanol–water partition coefficient (Wildman–Crippen LogP) is 2.86. The fraction of sp³-hybridized carbons (Fsp3) is 0.188. The van der Waals surface area contributed by atoms with Crippen molar-refractivity contribution in [1.29, 1.82) is 0 Å². The van der Waals surface area contributed by atoms with Crippen LogP contribution in [0.3, 0.4) is 0 Å². The summed E-state index contributed by atoms with van der Waals surface area (Å²) in [4.78, 5) is 19.8. The number of benzene rings is 1. The molecule has 0 saturated heterocycles. The van der Waals surface area contributed by atoms with Gasteiger partial charge >= 0.3 is 0 Å². The Morgan fingerprint density at radius 3 is 2.77 bits per heavy atom. The second-order valence-corrected chi connectivity index (χ2v) is 5.09. The first kappa shape index (κ1) is 14.1. The van der Waals surface area contributed by atoms with E-state index in [1.807, 2.05) is 44.2 Å². The van der Waals surface area contributed by atoms with Crippen LogP contribution >= 0.6 is 0 Å². The Balaban J connectivity index is 1.80. The van der Waals surface area contributed by atoms with Gasteiger partial charge in [-0.05, 0) is 13.8 Å². The molecule has 2 N–H and O–H groups in total. The number of carbonyl (C=O) groups excluding carboxylic acids is 1. The quantitative estimate of drug-likeness (QED) is 0.775. The molecule has 22 heavy (non-hydrogen) atoms. The van der Waals surface area contributed by atoms with Crippen molar-refractivity contribution >= 4 is 5.91 Å². The van der Waals surface area contributed by atoms with Crippen molar-refractivity contribution in [3.05, 3.63) is 59.9 Å². The number of imidazole rings is 1. The standard InChI is InChI=1S/C16H16N4O2/c1-10-8-17-15(18-10)11(2)19-16(21)13-9-22-20-14(13)12-6-4-3-5-7-12/h3-9,11H,1-2H3,(H,17,18)(H,19,21)/t11-/m0/s1. The largest absolute Gasteiger partial charge is 0.363 e. The SMILES string of the molecule is Cc1cnc([C@H](C)NC(=O)c2conc2-c2ccccc2)[nH]1. The fourth-order valence-corrected chi connectivity index (χ4v) is 2.20. The summed E-state index contributed by atoms with van der Waals surface area (Å²) >= 11 is 0. The highest BCUT2D eigenvalue weighted by atomic mass is 16.5. The molecule has 6 heteroatoms. The molecular formula is C16H16N4O2. The van der Waals surface area contributed by atoms with Crippen molar-refractivity contribution in [2.24, 2.45) is 0 Å². The van der Waals surface area contributed by atoms with Crippen LogP contribution in [0.15, 0.2) is 47.3 Å². The molecule has 3 aromatic rings. The van der Waals surface area contributed by atoms with E-state index in [0.717, 1.165) is 11.3 Å². The third-order valence-electron chi connectivity index (χ3n) is 3.34. The first-order valence-corrected chi connectivity index (χ1v) is 6.97. The first-order chi connectivity index (χ1) is 10.6. The molecule has 0 aliphatic heterocycles. The molecule has 2 heterocycles. The normalized spacial score (nSPS) is 12.1. The zero-order chi connectivity index (χ0) is 15.5. The highest BCUT2D eigenvalue weighted by Gasteiger charge is 2.20. The monoisotopic (exact) mass is 296 g/mol. The number of amides is 1. The number of rotatable bonds is 4. The number of H-pyrrole nitrogens is 1. The van der Waals surface area contributed by atoms with Gasteiger partial charge in [-0.25, -0.2) is 4.98 Å². The van der Waals surface area contributed by atoms with Gasteiger partial charge in [0.05, 0.1) is 6.04 Å². The Morgan fingerprint density at radius 1 is 1.32 bits per heavy atom. The predicted molar refractivity (Wildman–Crippen MR) is 81.1 cm³/mol. The molecule has 0 bridgehead atoms. The lowest BCUT2D eigenvalue weighted by Gasteiger charge is -2.11. The molecular weight excluding hydrogens is 280 g/mol. The maximum Gasteiger partial charge on any atom is 0.257 e. The van der Waals surface area contributed by atoms with E-state index in [4.69, 9.17) is 4.52 Å². The molecule has 6 nitrogen and oxygen atoms in total. The topological polar surface area (TPSA) is 83.8 Å². The van der Waals surface area contributed by atoms with Crippen LogP contribution in [-0.4, -0.2) is 21.0 Å². The lowest BCUT2D eigenvalue weighted by atomic mass is 10.1. The number of aryl methyl sites for hydroxylation is 1. The van der Waals surface area contributed by atoms with Crippen molar-refractivity contribution < 1.29 is 9.32 Å². The zero-order valence-corrected chi connectivity index (χ0v) is 12.3. The van der Waals surface area contributed by atoms with Crippen LogP contribution in [0.1, 0.15) is 34.8 Å². The minimum atomic E-state index is -0.248. The zero-order valence-electron chi connectivity index (χ0n) is 12.3. The summed E-state index contributed by atoms with van der Waals surface area (Å²) in [5.41, 5.74) is 2.72. The molecule has 0 spiro atoms. The van der Waals surface area contributed by atoms with Gasteiger partial charge in [0, 0.05) is 17.5 Å². The summed E-state index contributed by atoms with van der Waals surface area (Å²) in [7, 11) is 0. The van der Waals surface area contributed by atoms with Gasteiger partial charge in [0.15, 0.2) is 0 Å². The number of hydrogen-bond acceptors (Lipinski definition) is 4. The van der Waals surface area contributed by atoms with Gasteiger partial charge in [0.2, 0.25) is 0 Å². The van der Waals surface area contributed by atoms with Crippen LogP contribution < -0.4 is 5.32 Å². The third kappa shape index (κ3) is 2.76. The van der Waals surface area contributed by atoms with E-state index >= 15 is 0 Å². The molecule has 0 fully saturated rings. The molecule has 1 amide bonds. The molecule has 0 unspecified atom stereocenters. The Hall–Kier alpha value is -2.89. The second kappa shape index (κ2) is 5.85. The fourth-order valence-electron chi connectivity index (χ4n) is 2.20. The van der Waals surface area contributed by atoms with Crippen molar-refractivity contribution in [2.75, 3.05) is 0 Å². The van der Waals surface area contributed by atoms with Gasteiger partial charge in [-0.1, -0.05) is 35.5 Å². The van der Waals surface area contributed by atoms with Gasteiger partial charge in [-0.15, -0.1) is 0 Å². The second-order valence-electron chi connectivity index (χ2n) is 5.09. The molecule has 112 valence electrons. The molecule has 1 atom stereocenters. The van der Waals surface area contributed by atoms with E-state index in [1.54, 1.807) is 6.20 Å². The first-order valence-electron chi connectivity index (χ1n) is 6.97. The summed E-state index contributed by atoms with van der Waals surface area (Å²) in [6.07, 6.45) is 3.09. The summed E-state index contributed by atoms with van der Waals surface area (Å²) in [5.74, 6) is 0.463. The minimum Gasteiger partial charge on any atom is -0.363 e. The Kier molecular flexibility index (Phi) is 3.74. The Labute approximate surface area is 127 Å². The van der Waals surface area contributed by atoms with Crippen LogP contribution in [0.25, 0.3) is 11.3 Å². The Morgan fingerprint density at radius 2 is 2.09 bits per heavy atom. The van der Waals surface area contributed by atoms with E-state index in [1.165, 1.54) is 6.26 Å². The van der Waals surface area contributed by atoms with Gasteiger partial charge in [-0.2, -0.15) is 0 Å². The number of carbonyl (C=O) groups is 1. The summed E-state index contributed by atoms with van der Waals surface area (Å²) < 4.78 is 4.98. The van der Waals surface area contributed by atoms with Crippen LogP contribution in [-0.2, 0) is 0 Å². The molecule has 0 aliphatic carbocycles. The highest BCUT2D eigenvalue weighted by molar-refractivity contribution is 5.99.